The van der Waals surface area contributed by atoms with Crippen molar-refractivity contribution in [2.75, 3.05) is 12.3 Å². The zero-order chi connectivity index (χ0) is 14.5. The molecule has 0 heterocycles. The van der Waals surface area contributed by atoms with Crippen molar-refractivity contribution < 1.29 is 14.4 Å². The normalized spacial score (nSPS) is 10.1. The van der Waals surface area contributed by atoms with Crippen molar-refractivity contribution in [2.45, 2.75) is 6.92 Å². The topological polar surface area (TPSA) is 87.6 Å². The Morgan fingerprint density at radius 1 is 1.20 bits per heavy atom. The lowest BCUT2D eigenvalue weighted by molar-refractivity contribution is -0.383. The number of ether oxygens (including phenoxy) is 2. The van der Waals surface area contributed by atoms with Gasteiger partial charge in [-0.1, -0.05) is 12.1 Å². The molecule has 0 unspecified atom stereocenters. The highest BCUT2D eigenvalue weighted by atomic mass is 16.6. The number of nitro benzene ring substituents is 1. The minimum Gasteiger partial charge on any atom is -0.490 e. The Kier molecular flexibility index (Phi) is 4.05. The molecule has 0 saturated carbocycles. The number of hydrogen-bond acceptors (Lipinski definition) is 5. The molecule has 6 heteroatoms. The maximum Gasteiger partial charge on any atom is 0.292 e. The summed E-state index contributed by atoms with van der Waals surface area (Å²) in [6, 6.07) is 11.4. The largest absolute Gasteiger partial charge is 0.490 e. The van der Waals surface area contributed by atoms with Crippen molar-refractivity contribution in [1.29, 1.82) is 0 Å². The minimum atomic E-state index is -0.534. The zero-order valence-corrected chi connectivity index (χ0v) is 10.9. The molecule has 0 atom stereocenters. The van der Waals surface area contributed by atoms with Crippen LogP contribution in [0.5, 0.6) is 17.2 Å². The van der Waals surface area contributed by atoms with Crippen LogP contribution in [0.4, 0.5) is 11.4 Å². The lowest BCUT2D eigenvalue weighted by Crippen LogP contribution is -1.97. The predicted molar refractivity (Wildman–Crippen MR) is 75.2 cm³/mol. The van der Waals surface area contributed by atoms with E-state index in [-0.39, 0.29) is 11.4 Å². The molecule has 0 saturated heterocycles. The average molecular weight is 274 g/mol. The van der Waals surface area contributed by atoms with Gasteiger partial charge in [0.25, 0.3) is 5.69 Å². The molecule has 2 aromatic carbocycles. The minimum absolute atomic E-state index is 0.0568. The van der Waals surface area contributed by atoms with Gasteiger partial charge in [-0.05, 0) is 25.1 Å². The van der Waals surface area contributed by atoms with E-state index in [4.69, 9.17) is 15.2 Å². The SMILES string of the molecule is CCOc1ccccc1Oc1ccc([N+](=O)[O-])c(N)c1. The van der Waals surface area contributed by atoms with Gasteiger partial charge in [0.15, 0.2) is 11.5 Å². The van der Waals surface area contributed by atoms with E-state index in [0.29, 0.717) is 23.9 Å². The lowest BCUT2D eigenvalue weighted by Gasteiger charge is -2.11. The van der Waals surface area contributed by atoms with Gasteiger partial charge in [0.2, 0.25) is 0 Å². The molecule has 0 radical (unpaired) electrons. The number of hydrogen-bond donors (Lipinski definition) is 1. The first kappa shape index (κ1) is 13.7. The molecule has 0 bridgehead atoms. The molecule has 0 aliphatic carbocycles. The zero-order valence-electron chi connectivity index (χ0n) is 10.9. The highest BCUT2D eigenvalue weighted by Crippen LogP contribution is 2.33. The molecule has 0 spiro atoms. The lowest BCUT2D eigenvalue weighted by atomic mass is 10.2. The Hall–Kier alpha value is -2.76. The van der Waals surface area contributed by atoms with Crippen LogP contribution in [0.1, 0.15) is 6.92 Å². The van der Waals surface area contributed by atoms with E-state index in [2.05, 4.69) is 0 Å². The van der Waals surface area contributed by atoms with E-state index in [1.165, 1.54) is 18.2 Å². The Morgan fingerprint density at radius 2 is 1.90 bits per heavy atom. The Morgan fingerprint density at radius 3 is 2.50 bits per heavy atom. The summed E-state index contributed by atoms with van der Waals surface area (Å²) in [4.78, 5) is 10.2. The summed E-state index contributed by atoms with van der Waals surface area (Å²) in [6.45, 7) is 2.39. The molecule has 104 valence electrons. The molecule has 0 aliphatic rings. The third-order valence-corrected chi connectivity index (χ3v) is 2.57. The Balaban J connectivity index is 2.26. The molecule has 2 N–H and O–H groups in total. The molecular weight excluding hydrogens is 260 g/mol. The number of nitrogens with zero attached hydrogens (tertiary/aromatic N) is 1. The quantitative estimate of drug-likeness (QED) is 0.513. The van der Waals surface area contributed by atoms with Gasteiger partial charge in [-0.3, -0.25) is 10.1 Å². The smallest absolute Gasteiger partial charge is 0.292 e. The van der Waals surface area contributed by atoms with Crippen LogP contribution in [0, 0.1) is 10.1 Å². The molecule has 2 aromatic rings. The predicted octanol–water partition coefficient (Wildman–Crippen LogP) is 3.37. The van der Waals surface area contributed by atoms with Gasteiger partial charge in [-0.15, -0.1) is 0 Å². The van der Waals surface area contributed by atoms with Crippen molar-refractivity contribution in [3.63, 3.8) is 0 Å². The molecule has 0 fully saturated rings. The molecule has 2 rings (SSSR count). The highest BCUT2D eigenvalue weighted by Gasteiger charge is 2.13. The van der Waals surface area contributed by atoms with Gasteiger partial charge in [0.1, 0.15) is 11.4 Å². The molecular formula is C14H14N2O4. The first-order chi connectivity index (χ1) is 9.61. The van der Waals surface area contributed by atoms with Crippen LogP contribution in [-0.2, 0) is 0 Å². The highest BCUT2D eigenvalue weighted by molar-refractivity contribution is 5.61. The van der Waals surface area contributed by atoms with Gasteiger partial charge in [-0.2, -0.15) is 0 Å². The Bertz CT molecular complexity index is 628. The summed E-state index contributed by atoms with van der Waals surface area (Å²) in [6.07, 6.45) is 0. The molecule has 0 aromatic heterocycles. The van der Waals surface area contributed by atoms with Crippen molar-refractivity contribution in [3.8, 4) is 17.2 Å². The molecule has 20 heavy (non-hydrogen) atoms. The second-order valence-corrected chi connectivity index (χ2v) is 3.96. The first-order valence-corrected chi connectivity index (χ1v) is 6.05. The maximum absolute atomic E-state index is 10.7. The van der Waals surface area contributed by atoms with Crippen LogP contribution >= 0.6 is 0 Å². The van der Waals surface area contributed by atoms with Crippen LogP contribution < -0.4 is 15.2 Å². The van der Waals surface area contributed by atoms with Gasteiger partial charge < -0.3 is 15.2 Å². The fourth-order valence-corrected chi connectivity index (χ4v) is 1.70. The van der Waals surface area contributed by atoms with Gasteiger partial charge >= 0.3 is 0 Å². The van der Waals surface area contributed by atoms with Crippen molar-refractivity contribution in [2.24, 2.45) is 0 Å². The summed E-state index contributed by atoms with van der Waals surface area (Å²) >= 11 is 0. The number of benzene rings is 2. The molecule has 6 nitrogen and oxygen atoms in total. The number of para-hydroxylation sites is 2. The van der Waals surface area contributed by atoms with Crippen molar-refractivity contribution in [1.82, 2.24) is 0 Å². The van der Waals surface area contributed by atoms with Crippen molar-refractivity contribution >= 4 is 11.4 Å². The number of nitrogen functional groups attached to an aromatic ring is 1. The van der Waals surface area contributed by atoms with Crippen LogP contribution in [0.2, 0.25) is 0 Å². The maximum atomic E-state index is 10.7. The monoisotopic (exact) mass is 274 g/mol. The van der Waals surface area contributed by atoms with E-state index >= 15 is 0 Å². The summed E-state index contributed by atoms with van der Waals surface area (Å²) in [5, 5.41) is 10.7. The summed E-state index contributed by atoms with van der Waals surface area (Å²) in [5.74, 6) is 1.55. The summed E-state index contributed by atoms with van der Waals surface area (Å²) in [5.41, 5.74) is 5.53. The van der Waals surface area contributed by atoms with Crippen LogP contribution in [-0.4, -0.2) is 11.5 Å². The Labute approximate surface area is 115 Å². The van der Waals surface area contributed by atoms with Gasteiger partial charge in [0.05, 0.1) is 11.5 Å². The van der Waals surface area contributed by atoms with Crippen molar-refractivity contribution in [3.05, 3.63) is 52.6 Å². The van der Waals surface area contributed by atoms with Crippen LogP contribution in [0.25, 0.3) is 0 Å². The second kappa shape index (κ2) is 5.92. The van der Waals surface area contributed by atoms with E-state index in [1.807, 2.05) is 19.1 Å². The van der Waals surface area contributed by atoms with E-state index in [9.17, 15) is 10.1 Å². The third kappa shape index (κ3) is 2.97. The average Bonchev–Trinajstić information content (AvgIpc) is 2.41. The van der Waals surface area contributed by atoms with Gasteiger partial charge in [-0.25, -0.2) is 0 Å². The summed E-state index contributed by atoms with van der Waals surface area (Å²) in [7, 11) is 0. The number of anilines is 1. The first-order valence-electron chi connectivity index (χ1n) is 6.05. The van der Waals surface area contributed by atoms with E-state index in [0.717, 1.165) is 0 Å². The second-order valence-electron chi connectivity index (χ2n) is 3.96. The van der Waals surface area contributed by atoms with Crippen LogP contribution in [0.15, 0.2) is 42.5 Å². The van der Waals surface area contributed by atoms with Crippen LogP contribution in [0.3, 0.4) is 0 Å². The summed E-state index contributed by atoms with van der Waals surface area (Å²) < 4.78 is 11.1. The fraction of sp³-hybridized carbons (Fsp3) is 0.143. The number of nitrogens with two attached hydrogens (primary N) is 1. The van der Waals surface area contributed by atoms with Gasteiger partial charge in [0, 0.05) is 12.1 Å². The molecule has 0 amide bonds. The third-order valence-electron chi connectivity index (χ3n) is 2.57. The van der Waals surface area contributed by atoms with E-state index in [1.54, 1.807) is 12.1 Å². The fourth-order valence-electron chi connectivity index (χ4n) is 1.70. The standard InChI is InChI=1S/C14H14N2O4/c1-2-19-13-5-3-4-6-14(13)20-10-7-8-12(16(17)18)11(15)9-10/h3-9H,2,15H2,1H3. The number of nitro groups is 1. The molecule has 0 aliphatic heterocycles. The number of rotatable bonds is 5. The van der Waals surface area contributed by atoms with E-state index < -0.39 is 4.92 Å².